The highest BCUT2D eigenvalue weighted by molar-refractivity contribution is 4.86. The van der Waals surface area contributed by atoms with Gasteiger partial charge in [-0.05, 0) is 32.5 Å². The molecule has 3 aliphatic rings. The van der Waals surface area contributed by atoms with Gasteiger partial charge in [-0.15, -0.1) is 0 Å². The van der Waals surface area contributed by atoms with Crippen molar-refractivity contribution in [3.8, 4) is 0 Å². The Hall–Kier alpha value is -0.160. The van der Waals surface area contributed by atoms with Crippen molar-refractivity contribution in [3.63, 3.8) is 0 Å². The number of piperidine rings is 1. The number of hydrogen-bond acceptors (Lipinski definition) is 4. The molecule has 0 amide bonds. The highest BCUT2D eigenvalue weighted by Gasteiger charge is 2.31. The summed E-state index contributed by atoms with van der Waals surface area (Å²) in [6.07, 6.45) is 2.75. The maximum atomic E-state index is 5.29. The normalized spacial score (nSPS) is 30.5. The first kappa shape index (κ1) is 12.9. The van der Waals surface area contributed by atoms with Gasteiger partial charge in [0.1, 0.15) is 0 Å². The summed E-state index contributed by atoms with van der Waals surface area (Å²) in [4.78, 5) is 7.95. The standard InChI is InChI=1S/C14H27N3O/c1-2-15-5-3-13(4-6-15)16-7-9-17(10-8-16)14-11-18-12-14/h13-14H,2-12H2,1H3. The van der Waals surface area contributed by atoms with E-state index in [2.05, 4.69) is 21.6 Å². The van der Waals surface area contributed by atoms with Crippen LogP contribution in [0.2, 0.25) is 0 Å². The van der Waals surface area contributed by atoms with E-state index in [1.165, 1.54) is 58.7 Å². The number of likely N-dealkylation sites (tertiary alicyclic amines) is 1. The van der Waals surface area contributed by atoms with Crippen LogP contribution < -0.4 is 0 Å². The second-order valence-electron chi connectivity index (χ2n) is 5.93. The molecule has 0 N–H and O–H groups in total. The second kappa shape index (κ2) is 5.87. The van der Waals surface area contributed by atoms with Crippen molar-refractivity contribution in [3.05, 3.63) is 0 Å². The predicted molar refractivity (Wildman–Crippen MR) is 72.9 cm³/mol. The molecular weight excluding hydrogens is 226 g/mol. The Kier molecular flexibility index (Phi) is 4.19. The van der Waals surface area contributed by atoms with Gasteiger partial charge in [-0.3, -0.25) is 9.80 Å². The largest absolute Gasteiger partial charge is 0.378 e. The monoisotopic (exact) mass is 253 g/mol. The van der Waals surface area contributed by atoms with E-state index in [1.54, 1.807) is 0 Å². The van der Waals surface area contributed by atoms with E-state index in [0.29, 0.717) is 0 Å². The van der Waals surface area contributed by atoms with Crippen molar-refractivity contribution in [1.82, 2.24) is 14.7 Å². The second-order valence-corrected chi connectivity index (χ2v) is 5.93. The number of nitrogens with zero attached hydrogens (tertiary/aromatic N) is 3. The Labute approximate surface area is 111 Å². The molecule has 3 saturated heterocycles. The fraction of sp³-hybridized carbons (Fsp3) is 1.00. The molecule has 18 heavy (non-hydrogen) atoms. The van der Waals surface area contributed by atoms with Crippen molar-refractivity contribution < 1.29 is 4.74 Å². The van der Waals surface area contributed by atoms with E-state index in [-0.39, 0.29) is 0 Å². The lowest BCUT2D eigenvalue weighted by molar-refractivity contribution is -0.0813. The van der Waals surface area contributed by atoms with Crippen LogP contribution in [-0.2, 0) is 4.74 Å². The van der Waals surface area contributed by atoms with Crippen LogP contribution in [0.15, 0.2) is 0 Å². The average Bonchev–Trinajstić information content (AvgIpc) is 2.38. The average molecular weight is 253 g/mol. The van der Waals surface area contributed by atoms with E-state index >= 15 is 0 Å². The molecule has 0 aromatic rings. The van der Waals surface area contributed by atoms with Gasteiger partial charge >= 0.3 is 0 Å². The van der Waals surface area contributed by atoms with E-state index in [4.69, 9.17) is 4.74 Å². The minimum absolute atomic E-state index is 0.731. The lowest BCUT2D eigenvalue weighted by Crippen LogP contribution is -2.59. The molecule has 0 spiro atoms. The van der Waals surface area contributed by atoms with Gasteiger partial charge in [0.15, 0.2) is 0 Å². The molecule has 0 radical (unpaired) electrons. The van der Waals surface area contributed by atoms with Crippen molar-refractivity contribution in [2.24, 2.45) is 0 Å². The Bertz CT molecular complexity index is 254. The number of rotatable bonds is 3. The Morgan fingerprint density at radius 3 is 1.83 bits per heavy atom. The van der Waals surface area contributed by atoms with E-state index in [9.17, 15) is 0 Å². The van der Waals surface area contributed by atoms with E-state index in [1.807, 2.05) is 0 Å². The summed E-state index contributed by atoms with van der Waals surface area (Å²) < 4.78 is 5.29. The van der Waals surface area contributed by atoms with Crippen molar-refractivity contribution >= 4 is 0 Å². The molecule has 0 aliphatic carbocycles. The van der Waals surface area contributed by atoms with Gasteiger partial charge in [0.25, 0.3) is 0 Å². The topological polar surface area (TPSA) is 19.0 Å². The molecule has 0 unspecified atom stereocenters. The van der Waals surface area contributed by atoms with Gasteiger partial charge < -0.3 is 9.64 Å². The molecule has 3 fully saturated rings. The zero-order valence-electron chi connectivity index (χ0n) is 11.7. The quantitative estimate of drug-likeness (QED) is 0.728. The highest BCUT2D eigenvalue weighted by Crippen LogP contribution is 2.20. The molecule has 4 nitrogen and oxygen atoms in total. The Balaban J connectivity index is 1.42. The van der Waals surface area contributed by atoms with Gasteiger partial charge in [0.05, 0.1) is 19.3 Å². The molecule has 3 aliphatic heterocycles. The minimum Gasteiger partial charge on any atom is -0.378 e. The van der Waals surface area contributed by atoms with Crippen LogP contribution in [-0.4, -0.2) is 85.8 Å². The first-order valence-electron chi connectivity index (χ1n) is 7.65. The molecular formula is C14H27N3O. The summed E-state index contributed by atoms with van der Waals surface area (Å²) >= 11 is 0. The third-order valence-corrected chi connectivity index (χ3v) is 5.01. The van der Waals surface area contributed by atoms with Crippen molar-refractivity contribution in [2.45, 2.75) is 31.8 Å². The predicted octanol–water partition coefficient (Wildman–Crippen LogP) is 0.487. The summed E-state index contributed by atoms with van der Waals surface area (Å²) in [5.41, 5.74) is 0. The number of hydrogen-bond donors (Lipinski definition) is 0. The molecule has 0 saturated carbocycles. The van der Waals surface area contributed by atoms with Crippen LogP contribution in [0.5, 0.6) is 0 Å². The lowest BCUT2D eigenvalue weighted by Gasteiger charge is -2.46. The van der Waals surface area contributed by atoms with E-state index in [0.717, 1.165) is 25.3 Å². The summed E-state index contributed by atoms with van der Waals surface area (Å²) in [7, 11) is 0. The van der Waals surface area contributed by atoms with Crippen LogP contribution >= 0.6 is 0 Å². The summed E-state index contributed by atoms with van der Waals surface area (Å²) in [5, 5.41) is 0. The third-order valence-electron chi connectivity index (χ3n) is 5.01. The molecule has 4 heteroatoms. The van der Waals surface area contributed by atoms with Gasteiger partial charge in [0, 0.05) is 32.2 Å². The summed E-state index contributed by atoms with van der Waals surface area (Å²) in [5.74, 6) is 0. The molecule has 0 aromatic carbocycles. The molecule has 0 atom stereocenters. The first-order chi connectivity index (χ1) is 8.86. The number of ether oxygens (including phenoxy) is 1. The lowest BCUT2D eigenvalue weighted by atomic mass is 10.0. The smallest absolute Gasteiger partial charge is 0.0645 e. The fourth-order valence-electron chi connectivity index (χ4n) is 3.50. The molecule has 0 aromatic heterocycles. The van der Waals surface area contributed by atoms with Crippen LogP contribution in [0.1, 0.15) is 19.8 Å². The summed E-state index contributed by atoms with van der Waals surface area (Å²) in [6, 6.07) is 1.58. The highest BCUT2D eigenvalue weighted by atomic mass is 16.5. The SMILES string of the molecule is CCN1CCC(N2CCN(C3COC3)CC2)CC1. The van der Waals surface area contributed by atoms with Crippen molar-refractivity contribution in [2.75, 3.05) is 59.0 Å². The molecule has 104 valence electrons. The van der Waals surface area contributed by atoms with Gasteiger partial charge in [-0.2, -0.15) is 0 Å². The van der Waals surface area contributed by atoms with E-state index < -0.39 is 0 Å². The van der Waals surface area contributed by atoms with Crippen LogP contribution in [0.25, 0.3) is 0 Å². The summed E-state index contributed by atoms with van der Waals surface area (Å²) in [6.45, 7) is 13.1. The molecule has 3 rings (SSSR count). The third kappa shape index (κ3) is 2.72. The maximum absolute atomic E-state index is 5.29. The fourth-order valence-corrected chi connectivity index (χ4v) is 3.50. The van der Waals surface area contributed by atoms with Gasteiger partial charge in [0.2, 0.25) is 0 Å². The zero-order chi connectivity index (χ0) is 12.4. The minimum atomic E-state index is 0.731. The number of piperazine rings is 1. The molecule has 0 bridgehead atoms. The van der Waals surface area contributed by atoms with Gasteiger partial charge in [-0.25, -0.2) is 0 Å². The van der Waals surface area contributed by atoms with Gasteiger partial charge in [-0.1, -0.05) is 6.92 Å². The zero-order valence-corrected chi connectivity index (χ0v) is 11.7. The first-order valence-corrected chi connectivity index (χ1v) is 7.65. The maximum Gasteiger partial charge on any atom is 0.0645 e. The van der Waals surface area contributed by atoms with Crippen LogP contribution in [0, 0.1) is 0 Å². The van der Waals surface area contributed by atoms with Crippen LogP contribution in [0.3, 0.4) is 0 Å². The van der Waals surface area contributed by atoms with Crippen LogP contribution in [0.4, 0.5) is 0 Å². The van der Waals surface area contributed by atoms with Crippen molar-refractivity contribution in [1.29, 1.82) is 0 Å². The molecule has 3 heterocycles. The Morgan fingerprint density at radius 1 is 0.833 bits per heavy atom. The Morgan fingerprint density at radius 2 is 1.39 bits per heavy atom.